The van der Waals surface area contributed by atoms with Gasteiger partial charge in [0.15, 0.2) is 0 Å². The summed E-state index contributed by atoms with van der Waals surface area (Å²) in [7, 11) is 0. The highest BCUT2D eigenvalue weighted by Crippen LogP contribution is 2.40. The number of hydrogen-bond donors (Lipinski definition) is 1. The Morgan fingerprint density at radius 3 is 2.58 bits per heavy atom. The Bertz CT molecular complexity index is 947. The van der Waals surface area contributed by atoms with Gasteiger partial charge in [-0.1, -0.05) is 0 Å². The number of morpholine rings is 1. The summed E-state index contributed by atoms with van der Waals surface area (Å²) in [6.45, 7) is 0.735. The Morgan fingerprint density at radius 1 is 1.31 bits per heavy atom. The van der Waals surface area contributed by atoms with Crippen molar-refractivity contribution in [2.45, 2.75) is 25.6 Å². The third kappa shape index (κ3) is 2.65. The number of fused-ring (bicyclic) bond motifs is 1. The quantitative estimate of drug-likeness (QED) is 0.903. The van der Waals surface area contributed by atoms with Crippen LogP contribution in [0.1, 0.15) is 34.8 Å². The van der Waals surface area contributed by atoms with E-state index in [1.54, 1.807) is 9.47 Å². The highest BCUT2D eigenvalue weighted by atomic mass is 19.1. The molecule has 1 aromatic carbocycles. The van der Waals surface area contributed by atoms with E-state index in [-0.39, 0.29) is 22.7 Å². The molecule has 0 radical (unpaired) electrons. The standard InChI is InChI=1S/C18H18F2N2O4/c19-8-12-15-11(7-14(20)16(12)21-3-5-26-6-4-21)17(23)13(18(24)25)9-22(15)10-1-2-10/h7,9-10H,1-6,8H2,(H,24,25). The molecule has 0 amide bonds. The van der Waals surface area contributed by atoms with Gasteiger partial charge in [0.2, 0.25) is 5.43 Å². The van der Waals surface area contributed by atoms with Gasteiger partial charge in [0.05, 0.1) is 24.4 Å². The molecule has 1 aromatic heterocycles. The number of ether oxygens (including phenoxy) is 1. The number of carboxylic acids is 1. The second-order valence-electron chi connectivity index (χ2n) is 6.63. The number of hydrogen-bond acceptors (Lipinski definition) is 4. The normalized spacial score (nSPS) is 17.7. The summed E-state index contributed by atoms with van der Waals surface area (Å²) < 4.78 is 35.8. The fourth-order valence-corrected chi connectivity index (χ4v) is 3.61. The fraction of sp³-hybridized carbons (Fsp3) is 0.444. The van der Waals surface area contributed by atoms with Crippen LogP contribution in [0.3, 0.4) is 0 Å². The number of aromatic nitrogens is 1. The van der Waals surface area contributed by atoms with E-state index in [2.05, 4.69) is 0 Å². The number of aromatic carboxylic acids is 1. The van der Waals surface area contributed by atoms with E-state index in [0.29, 0.717) is 31.8 Å². The van der Waals surface area contributed by atoms with Gasteiger partial charge in [-0.2, -0.15) is 0 Å². The van der Waals surface area contributed by atoms with E-state index in [1.807, 2.05) is 0 Å². The molecule has 1 N–H and O–H groups in total. The average Bonchev–Trinajstić information content (AvgIpc) is 3.47. The summed E-state index contributed by atoms with van der Waals surface area (Å²) in [5.74, 6) is -2.08. The van der Waals surface area contributed by atoms with Crippen molar-refractivity contribution in [1.82, 2.24) is 4.57 Å². The molecular formula is C18H18F2N2O4. The number of rotatable bonds is 4. The molecule has 2 aromatic rings. The number of carbonyl (C=O) groups is 1. The van der Waals surface area contributed by atoms with Crippen LogP contribution in [0.5, 0.6) is 0 Å². The van der Waals surface area contributed by atoms with Crippen molar-refractivity contribution in [2.75, 3.05) is 31.2 Å². The summed E-state index contributed by atoms with van der Waals surface area (Å²) in [5, 5.41) is 9.22. The molecule has 6 nitrogen and oxygen atoms in total. The molecule has 1 aliphatic heterocycles. The minimum Gasteiger partial charge on any atom is -0.477 e. The second kappa shape index (κ2) is 6.35. The van der Waals surface area contributed by atoms with Crippen molar-refractivity contribution >= 4 is 22.6 Å². The molecule has 138 valence electrons. The molecular weight excluding hydrogens is 346 g/mol. The zero-order chi connectivity index (χ0) is 18.4. The van der Waals surface area contributed by atoms with Crippen molar-refractivity contribution in [3.05, 3.63) is 39.4 Å². The van der Waals surface area contributed by atoms with Crippen molar-refractivity contribution in [3.8, 4) is 0 Å². The van der Waals surface area contributed by atoms with Crippen LogP contribution in [0.25, 0.3) is 10.9 Å². The first-order valence-electron chi connectivity index (χ1n) is 8.55. The Morgan fingerprint density at radius 2 is 2.00 bits per heavy atom. The number of alkyl halides is 1. The van der Waals surface area contributed by atoms with Crippen molar-refractivity contribution in [1.29, 1.82) is 0 Å². The molecule has 2 aliphatic rings. The summed E-state index contributed by atoms with van der Waals surface area (Å²) in [6.07, 6.45) is 2.89. The fourth-order valence-electron chi connectivity index (χ4n) is 3.61. The van der Waals surface area contributed by atoms with Gasteiger partial charge in [-0.25, -0.2) is 13.6 Å². The molecule has 4 rings (SSSR count). The van der Waals surface area contributed by atoms with E-state index in [0.717, 1.165) is 18.9 Å². The Balaban J connectivity index is 2.05. The third-order valence-corrected chi connectivity index (χ3v) is 4.97. The van der Waals surface area contributed by atoms with Crippen LogP contribution in [0.2, 0.25) is 0 Å². The van der Waals surface area contributed by atoms with Crippen LogP contribution in [-0.4, -0.2) is 41.9 Å². The zero-order valence-electron chi connectivity index (χ0n) is 14.0. The molecule has 0 spiro atoms. The highest BCUT2D eigenvalue weighted by Gasteiger charge is 2.30. The summed E-state index contributed by atoms with van der Waals surface area (Å²) in [6, 6.07) is 1.05. The second-order valence-corrected chi connectivity index (χ2v) is 6.63. The van der Waals surface area contributed by atoms with E-state index < -0.39 is 29.5 Å². The summed E-state index contributed by atoms with van der Waals surface area (Å²) >= 11 is 0. The maximum absolute atomic E-state index is 14.9. The maximum Gasteiger partial charge on any atom is 0.341 e. The van der Waals surface area contributed by atoms with Crippen molar-refractivity contribution in [3.63, 3.8) is 0 Å². The monoisotopic (exact) mass is 364 g/mol. The molecule has 1 saturated carbocycles. The smallest absolute Gasteiger partial charge is 0.341 e. The van der Waals surface area contributed by atoms with E-state index >= 15 is 0 Å². The SMILES string of the molecule is O=C(O)c1cn(C2CC2)c2c(CF)c(N3CCOCC3)c(F)cc2c1=O. The van der Waals surface area contributed by atoms with Crippen LogP contribution in [-0.2, 0) is 11.4 Å². The Kier molecular flexibility index (Phi) is 4.14. The van der Waals surface area contributed by atoms with Gasteiger partial charge in [-0.15, -0.1) is 0 Å². The minimum atomic E-state index is -1.37. The first-order chi connectivity index (χ1) is 12.5. The number of pyridine rings is 1. The van der Waals surface area contributed by atoms with Gasteiger partial charge in [0.1, 0.15) is 18.1 Å². The molecule has 0 atom stereocenters. The largest absolute Gasteiger partial charge is 0.477 e. The molecule has 0 unspecified atom stereocenters. The lowest BCUT2D eigenvalue weighted by Gasteiger charge is -2.31. The lowest BCUT2D eigenvalue weighted by Crippen LogP contribution is -2.37. The first kappa shape index (κ1) is 17.0. The average molecular weight is 364 g/mol. The van der Waals surface area contributed by atoms with Crippen LogP contribution in [0.15, 0.2) is 17.1 Å². The minimum absolute atomic E-state index is 0.00417. The van der Waals surface area contributed by atoms with E-state index in [1.165, 1.54) is 6.20 Å². The van der Waals surface area contributed by atoms with Crippen LogP contribution in [0, 0.1) is 5.82 Å². The van der Waals surface area contributed by atoms with Crippen LogP contribution < -0.4 is 10.3 Å². The molecule has 1 aliphatic carbocycles. The number of nitrogens with zero attached hydrogens (tertiary/aromatic N) is 2. The predicted molar refractivity (Wildman–Crippen MR) is 91.2 cm³/mol. The Hall–Kier alpha value is -2.48. The molecule has 26 heavy (non-hydrogen) atoms. The first-order valence-corrected chi connectivity index (χ1v) is 8.55. The van der Waals surface area contributed by atoms with Crippen LogP contribution >= 0.6 is 0 Å². The highest BCUT2D eigenvalue weighted by molar-refractivity contribution is 5.95. The van der Waals surface area contributed by atoms with Gasteiger partial charge in [-0.3, -0.25) is 4.79 Å². The number of benzene rings is 1. The number of halogens is 2. The Labute approximate surface area is 147 Å². The van der Waals surface area contributed by atoms with Crippen molar-refractivity contribution < 1.29 is 23.4 Å². The molecule has 0 bridgehead atoms. The topological polar surface area (TPSA) is 71.8 Å². The third-order valence-electron chi connectivity index (χ3n) is 4.97. The lowest BCUT2D eigenvalue weighted by molar-refractivity contribution is 0.0695. The van der Waals surface area contributed by atoms with E-state index in [4.69, 9.17) is 4.74 Å². The van der Waals surface area contributed by atoms with Gasteiger partial charge in [-0.05, 0) is 18.9 Å². The molecule has 8 heteroatoms. The zero-order valence-corrected chi connectivity index (χ0v) is 14.0. The van der Waals surface area contributed by atoms with Gasteiger partial charge >= 0.3 is 5.97 Å². The van der Waals surface area contributed by atoms with E-state index in [9.17, 15) is 23.5 Å². The summed E-state index contributed by atoms with van der Waals surface area (Å²) in [4.78, 5) is 25.7. The maximum atomic E-state index is 14.9. The molecule has 2 fully saturated rings. The molecule has 2 heterocycles. The number of anilines is 1. The lowest BCUT2D eigenvalue weighted by atomic mass is 10.0. The number of carboxylic acid groups (broad SMARTS) is 1. The van der Waals surface area contributed by atoms with Gasteiger partial charge in [0, 0.05) is 36.3 Å². The summed E-state index contributed by atoms with van der Waals surface area (Å²) in [5.41, 5.74) is -0.671. The van der Waals surface area contributed by atoms with Crippen molar-refractivity contribution in [2.24, 2.45) is 0 Å². The molecule has 1 saturated heterocycles. The van der Waals surface area contributed by atoms with Gasteiger partial charge in [0.25, 0.3) is 0 Å². The van der Waals surface area contributed by atoms with Crippen LogP contribution in [0.4, 0.5) is 14.5 Å². The predicted octanol–water partition coefficient (Wildman–Crippen LogP) is 2.48. The van der Waals surface area contributed by atoms with Gasteiger partial charge < -0.3 is 19.3 Å².